The number of allylic oxidation sites excluding steroid dienone is 2. The number of aliphatic imine (C=N–C) groups is 1. The van der Waals surface area contributed by atoms with Crippen molar-refractivity contribution in [3.8, 4) is 5.82 Å². The molecule has 3 rings (SSSR count). The van der Waals surface area contributed by atoms with Crippen LogP contribution < -0.4 is 16.4 Å². The van der Waals surface area contributed by atoms with Crippen molar-refractivity contribution < 1.29 is 4.79 Å². The van der Waals surface area contributed by atoms with Crippen molar-refractivity contribution in [1.82, 2.24) is 14.5 Å². The van der Waals surface area contributed by atoms with E-state index in [1.54, 1.807) is 14.0 Å². The molecule has 4 N–H and O–H groups in total. The van der Waals surface area contributed by atoms with Crippen LogP contribution in [0.25, 0.3) is 16.7 Å². The molecule has 31 heavy (non-hydrogen) atoms. The van der Waals surface area contributed by atoms with Crippen LogP contribution in [0.1, 0.15) is 19.4 Å². The predicted molar refractivity (Wildman–Crippen MR) is 127 cm³/mol. The van der Waals surface area contributed by atoms with Crippen molar-refractivity contribution >= 4 is 45.8 Å². The second kappa shape index (κ2) is 9.01. The Labute approximate surface area is 185 Å². The topological polar surface area (TPSA) is 110 Å². The lowest BCUT2D eigenvalue weighted by Crippen LogP contribution is -2.16. The first-order valence-corrected chi connectivity index (χ1v) is 9.88. The molecular formula is C22H24ClN7O. The monoisotopic (exact) mass is 437 g/mol. The Balaban J connectivity index is 2.07. The molecule has 0 aliphatic heterocycles. The maximum absolute atomic E-state index is 11.6. The number of hydrogen-bond donors (Lipinski definition) is 3. The first-order chi connectivity index (χ1) is 14.7. The van der Waals surface area contributed by atoms with Crippen molar-refractivity contribution in [3.63, 3.8) is 0 Å². The number of hydrogen-bond acceptors (Lipinski definition) is 6. The molecule has 0 saturated carbocycles. The van der Waals surface area contributed by atoms with E-state index in [0.29, 0.717) is 33.9 Å². The summed E-state index contributed by atoms with van der Waals surface area (Å²) >= 11 is 6.45. The fourth-order valence-corrected chi connectivity index (χ4v) is 3.31. The third-order valence-corrected chi connectivity index (χ3v) is 5.01. The number of halogens is 1. The number of nitrogens with one attached hydrogen (secondary N) is 2. The number of nitrogens with zero attached hydrogens (tertiary/aromatic N) is 4. The maximum atomic E-state index is 11.6. The number of nitrogens with two attached hydrogens (primary N) is 1. The first kappa shape index (κ1) is 22.0. The molecule has 8 nitrogen and oxygen atoms in total. The maximum Gasteiger partial charge on any atom is 0.247 e. The molecule has 2 heterocycles. The molecule has 0 unspecified atom stereocenters. The normalized spacial score (nSPS) is 12.5. The van der Waals surface area contributed by atoms with Crippen molar-refractivity contribution in [1.29, 1.82) is 0 Å². The number of rotatable bonds is 6. The molecule has 160 valence electrons. The van der Waals surface area contributed by atoms with Crippen molar-refractivity contribution in [2.45, 2.75) is 20.8 Å². The summed E-state index contributed by atoms with van der Waals surface area (Å²) in [7, 11) is 1.69. The Morgan fingerprint density at radius 1 is 1.32 bits per heavy atom. The van der Waals surface area contributed by atoms with E-state index >= 15 is 0 Å². The van der Waals surface area contributed by atoms with Crippen LogP contribution in [0.5, 0.6) is 0 Å². The number of aryl methyl sites for hydroxylation is 1. The van der Waals surface area contributed by atoms with Gasteiger partial charge in [-0.25, -0.2) is 4.98 Å². The van der Waals surface area contributed by atoms with E-state index in [2.05, 4.69) is 32.2 Å². The van der Waals surface area contributed by atoms with Gasteiger partial charge in [-0.2, -0.15) is 4.98 Å². The van der Waals surface area contributed by atoms with Crippen molar-refractivity contribution in [2.24, 2.45) is 10.7 Å². The Hall–Kier alpha value is -3.65. The lowest BCUT2D eigenvalue weighted by molar-refractivity contribution is -0.111. The van der Waals surface area contributed by atoms with Crippen LogP contribution in [-0.4, -0.2) is 33.2 Å². The van der Waals surface area contributed by atoms with Gasteiger partial charge in [0, 0.05) is 30.0 Å². The standard InChI is InChI=1S/C22H24ClN7O/c1-6-19(31)27-15-7-8-18-16(9-15)12(2)11-30(18)21-17(23)10-26-22(29-21)28-20(13(3)24)14(4)25-5/h6-11H,1,24H2,2-5H3,(H,27,31)(H,26,28,29)/b20-13+,25-14?. The van der Waals surface area contributed by atoms with E-state index in [0.717, 1.165) is 22.2 Å². The lowest BCUT2D eigenvalue weighted by Gasteiger charge is -2.13. The van der Waals surface area contributed by atoms with Gasteiger partial charge in [0.25, 0.3) is 0 Å². The Kier molecular flexibility index (Phi) is 6.41. The summed E-state index contributed by atoms with van der Waals surface area (Å²) in [6.45, 7) is 9.08. The summed E-state index contributed by atoms with van der Waals surface area (Å²) in [6, 6.07) is 5.61. The third kappa shape index (κ3) is 4.59. The van der Waals surface area contributed by atoms with E-state index in [9.17, 15) is 4.79 Å². The average molecular weight is 438 g/mol. The minimum Gasteiger partial charge on any atom is -0.401 e. The minimum absolute atomic E-state index is 0.268. The molecule has 9 heteroatoms. The number of carbonyl (C=O) groups excluding carboxylic acids is 1. The van der Waals surface area contributed by atoms with Gasteiger partial charge in [0.1, 0.15) is 5.02 Å². The summed E-state index contributed by atoms with van der Waals surface area (Å²) in [4.78, 5) is 24.7. The fraction of sp³-hybridized carbons (Fsp3) is 0.182. The first-order valence-electron chi connectivity index (χ1n) is 9.50. The SMILES string of the molecule is C=CC(=O)Nc1ccc2c(c1)c(C)cn2-c1nc(N/C(C(C)=NC)=C(\C)N)ncc1Cl. The zero-order valence-electron chi connectivity index (χ0n) is 17.8. The van der Waals surface area contributed by atoms with Crippen LogP contribution in [0.2, 0.25) is 5.02 Å². The summed E-state index contributed by atoms with van der Waals surface area (Å²) in [5.74, 6) is 0.591. The molecule has 0 radical (unpaired) electrons. The van der Waals surface area contributed by atoms with E-state index in [1.165, 1.54) is 12.3 Å². The highest BCUT2D eigenvalue weighted by atomic mass is 35.5. The Bertz CT molecular complexity index is 1240. The van der Waals surface area contributed by atoms with Crippen LogP contribution in [0.15, 0.2) is 59.6 Å². The smallest absolute Gasteiger partial charge is 0.247 e. The van der Waals surface area contributed by atoms with Gasteiger partial charge in [0.15, 0.2) is 5.82 Å². The molecule has 0 bridgehead atoms. The highest BCUT2D eigenvalue weighted by Crippen LogP contribution is 2.29. The summed E-state index contributed by atoms with van der Waals surface area (Å²) in [5.41, 5.74) is 10.5. The average Bonchev–Trinajstić information content (AvgIpc) is 3.08. The van der Waals surface area contributed by atoms with Gasteiger partial charge in [0.05, 0.1) is 23.1 Å². The molecule has 1 aromatic carbocycles. The number of benzene rings is 1. The van der Waals surface area contributed by atoms with Crippen LogP contribution in [0, 0.1) is 6.92 Å². The summed E-state index contributed by atoms with van der Waals surface area (Å²) in [6.07, 6.45) is 4.70. The Morgan fingerprint density at radius 3 is 2.71 bits per heavy atom. The molecule has 0 atom stereocenters. The minimum atomic E-state index is -0.268. The summed E-state index contributed by atoms with van der Waals surface area (Å²) < 4.78 is 1.89. The number of fused-ring (bicyclic) bond motifs is 1. The van der Waals surface area contributed by atoms with Gasteiger partial charge >= 0.3 is 0 Å². The lowest BCUT2D eigenvalue weighted by atomic mass is 10.2. The predicted octanol–water partition coefficient (Wildman–Crippen LogP) is 4.20. The largest absolute Gasteiger partial charge is 0.401 e. The number of aromatic nitrogens is 3. The van der Waals surface area contributed by atoms with Gasteiger partial charge in [-0.05, 0) is 50.6 Å². The van der Waals surface area contributed by atoms with Crippen molar-refractivity contribution in [2.75, 3.05) is 17.7 Å². The van der Waals surface area contributed by atoms with Gasteiger partial charge in [-0.1, -0.05) is 18.2 Å². The van der Waals surface area contributed by atoms with Gasteiger partial charge in [-0.3, -0.25) is 14.4 Å². The second-order valence-electron chi connectivity index (χ2n) is 6.96. The van der Waals surface area contributed by atoms with E-state index < -0.39 is 0 Å². The van der Waals surface area contributed by atoms with Crippen molar-refractivity contribution in [3.05, 3.63) is 65.2 Å². The summed E-state index contributed by atoms with van der Waals surface area (Å²) in [5, 5.41) is 7.25. The number of amides is 1. The molecule has 3 aromatic rings. The number of carbonyl (C=O) groups is 1. The second-order valence-corrected chi connectivity index (χ2v) is 7.37. The number of anilines is 2. The molecule has 0 spiro atoms. The molecule has 0 aliphatic rings. The van der Waals surface area contributed by atoms with Crippen LogP contribution >= 0.6 is 11.6 Å². The van der Waals surface area contributed by atoms with E-state index in [1.807, 2.05) is 42.8 Å². The van der Waals surface area contributed by atoms with E-state index in [4.69, 9.17) is 17.3 Å². The van der Waals surface area contributed by atoms with Crippen LogP contribution in [0.3, 0.4) is 0 Å². The van der Waals surface area contributed by atoms with Crippen LogP contribution in [-0.2, 0) is 4.79 Å². The fourth-order valence-electron chi connectivity index (χ4n) is 3.13. The molecule has 2 aromatic heterocycles. The van der Waals surface area contributed by atoms with Gasteiger partial charge < -0.3 is 16.4 Å². The quantitative estimate of drug-likeness (QED) is 0.395. The molecule has 0 fully saturated rings. The molecule has 1 amide bonds. The zero-order chi connectivity index (χ0) is 22.7. The highest BCUT2D eigenvalue weighted by molar-refractivity contribution is 6.32. The Morgan fingerprint density at radius 2 is 2.06 bits per heavy atom. The van der Waals surface area contributed by atoms with Crippen LogP contribution in [0.4, 0.5) is 11.6 Å². The van der Waals surface area contributed by atoms with Gasteiger partial charge in [-0.15, -0.1) is 0 Å². The third-order valence-electron chi connectivity index (χ3n) is 4.74. The highest BCUT2D eigenvalue weighted by Gasteiger charge is 2.15. The molecular weight excluding hydrogens is 414 g/mol. The zero-order valence-corrected chi connectivity index (χ0v) is 18.6. The van der Waals surface area contributed by atoms with E-state index in [-0.39, 0.29) is 5.91 Å². The molecule has 0 aliphatic carbocycles. The molecule has 0 saturated heterocycles. The van der Waals surface area contributed by atoms with Gasteiger partial charge in [0.2, 0.25) is 11.9 Å².